The van der Waals surface area contributed by atoms with E-state index in [9.17, 15) is 0 Å². The van der Waals surface area contributed by atoms with Crippen LogP contribution in [0.5, 0.6) is 5.75 Å². The fraction of sp³-hybridized carbons (Fsp3) is 0.158. The van der Waals surface area contributed by atoms with Gasteiger partial charge in [0, 0.05) is 17.2 Å². The first-order chi connectivity index (χ1) is 12.2. The zero-order valence-electron chi connectivity index (χ0n) is 13.9. The molecule has 0 spiro atoms. The van der Waals surface area contributed by atoms with Crippen LogP contribution in [0.4, 0.5) is 17.5 Å². The summed E-state index contributed by atoms with van der Waals surface area (Å²) in [5.74, 6) is 2.21. The maximum absolute atomic E-state index is 5.24. The molecule has 0 amide bonds. The van der Waals surface area contributed by atoms with Crippen LogP contribution >= 0.6 is 15.9 Å². The Bertz CT molecular complexity index is 841. The highest BCUT2D eigenvalue weighted by molar-refractivity contribution is 9.10. The lowest BCUT2D eigenvalue weighted by molar-refractivity contribution is 0.414. The van der Waals surface area contributed by atoms with Crippen LogP contribution in [0.15, 0.2) is 65.3 Å². The summed E-state index contributed by atoms with van der Waals surface area (Å²) < 4.78 is 6.23. The average Bonchev–Trinajstić information content (AvgIpc) is 2.64. The van der Waals surface area contributed by atoms with Crippen molar-refractivity contribution in [3.8, 4) is 5.75 Å². The van der Waals surface area contributed by atoms with Gasteiger partial charge in [0.2, 0.25) is 5.95 Å². The fourth-order valence-corrected chi connectivity index (χ4v) is 2.74. The van der Waals surface area contributed by atoms with Crippen LogP contribution in [-0.2, 0) is 6.42 Å². The van der Waals surface area contributed by atoms with E-state index in [2.05, 4.69) is 42.6 Å². The number of nitrogens with one attached hydrogen (secondary N) is 2. The van der Waals surface area contributed by atoms with Crippen LogP contribution in [0, 0.1) is 0 Å². The lowest BCUT2D eigenvalue weighted by Crippen LogP contribution is -2.08. The first-order valence-corrected chi connectivity index (χ1v) is 8.75. The van der Waals surface area contributed by atoms with Crippen molar-refractivity contribution in [1.82, 2.24) is 9.97 Å². The second-order valence-corrected chi connectivity index (χ2v) is 6.25. The molecule has 0 unspecified atom stereocenters. The molecule has 0 saturated heterocycles. The van der Waals surface area contributed by atoms with E-state index < -0.39 is 0 Å². The molecule has 128 valence electrons. The minimum absolute atomic E-state index is 0.597. The second-order valence-electron chi connectivity index (χ2n) is 5.40. The molecule has 2 N–H and O–H groups in total. The number of aromatic nitrogens is 2. The predicted octanol–water partition coefficient (Wildman–Crippen LogP) is 4.65. The first kappa shape index (κ1) is 17.2. The molecule has 1 aromatic heterocycles. The molecular formula is C19H19BrN4O. The van der Waals surface area contributed by atoms with Gasteiger partial charge in [0.1, 0.15) is 11.6 Å². The van der Waals surface area contributed by atoms with Crippen molar-refractivity contribution >= 4 is 33.4 Å². The number of methoxy groups -OCH3 is 1. The minimum Gasteiger partial charge on any atom is -0.497 e. The molecule has 0 atom stereocenters. The van der Waals surface area contributed by atoms with Crippen molar-refractivity contribution in [3.63, 3.8) is 0 Å². The zero-order chi connectivity index (χ0) is 17.5. The third-order valence-corrected chi connectivity index (χ3v) is 4.31. The third kappa shape index (κ3) is 4.93. The van der Waals surface area contributed by atoms with Crippen molar-refractivity contribution in [2.75, 3.05) is 24.3 Å². The molecule has 6 heteroatoms. The molecule has 0 aliphatic heterocycles. The van der Waals surface area contributed by atoms with Gasteiger partial charge in [0.05, 0.1) is 12.8 Å². The molecule has 0 radical (unpaired) electrons. The van der Waals surface area contributed by atoms with Gasteiger partial charge in [-0.1, -0.05) is 24.3 Å². The molecule has 0 fully saturated rings. The minimum atomic E-state index is 0.597. The summed E-state index contributed by atoms with van der Waals surface area (Å²) in [4.78, 5) is 8.76. The summed E-state index contributed by atoms with van der Waals surface area (Å²) in [6, 6.07) is 17.8. The zero-order valence-corrected chi connectivity index (χ0v) is 15.5. The highest BCUT2D eigenvalue weighted by Crippen LogP contribution is 2.24. The van der Waals surface area contributed by atoms with Crippen LogP contribution < -0.4 is 15.4 Å². The maximum atomic E-state index is 5.24. The summed E-state index contributed by atoms with van der Waals surface area (Å²) in [7, 11) is 1.68. The number of anilines is 3. The number of nitrogens with zero attached hydrogens (tertiary/aromatic N) is 2. The number of hydrogen-bond acceptors (Lipinski definition) is 5. The Balaban J connectivity index is 1.59. The van der Waals surface area contributed by atoms with E-state index in [-0.39, 0.29) is 0 Å². The summed E-state index contributed by atoms with van der Waals surface area (Å²) >= 11 is 3.52. The van der Waals surface area contributed by atoms with E-state index in [1.165, 1.54) is 5.56 Å². The monoisotopic (exact) mass is 398 g/mol. The molecule has 25 heavy (non-hydrogen) atoms. The third-order valence-electron chi connectivity index (χ3n) is 3.62. The van der Waals surface area contributed by atoms with Crippen LogP contribution in [0.3, 0.4) is 0 Å². The van der Waals surface area contributed by atoms with E-state index in [4.69, 9.17) is 4.74 Å². The Hall–Kier alpha value is -2.60. The van der Waals surface area contributed by atoms with E-state index in [1.807, 2.05) is 48.5 Å². The second kappa shape index (κ2) is 8.48. The lowest BCUT2D eigenvalue weighted by atomic mass is 10.1. The first-order valence-electron chi connectivity index (χ1n) is 7.96. The summed E-state index contributed by atoms with van der Waals surface area (Å²) in [6.45, 7) is 0.742. The van der Waals surface area contributed by atoms with Gasteiger partial charge < -0.3 is 15.4 Å². The molecule has 0 aliphatic carbocycles. The SMILES string of the molecule is COc1cccc(CCNc2nccc(Nc3ccccc3Br)n2)c1. The molecule has 3 rings (SSSR count). The predicted molar refractivity (Wildman–Crippen MR) is 105 cm³/mol. The van der Waals surface area contributed by atoms with E-state index >= 15 is 0 Å². The Labute approximate surface area is 155 Å². The number of rotatable bonds is 7. The number of para-hydroxylation sites is 1. The number of halogens is 1. The topological polar surface area (TPSA) is 59.1 Å². The van der Waals surface area contributed by atoms with Crippen molar-refractivity contribution in [2.45, 2.75) is 6.42 Å². The van der Waals surface area contributed by atoms with Crippen LogP contribution in [0.1, 0.15) is 5.56 Å². The molecular weight excluding hydrogens is 380 g/mol. The quantitative estimate of drug-likeness (QED) is 0.606. The molecule has 0 bridgehead atoms. The van der Waals surface area contributed by atoms with Gasteiger partial charge >= 0.3 is 0 Å². The smallest absolute Gasteiger partial charge is 0.224 e. The van der Waals surface area contributed by atoms with Crippen LogP contribution in [0.25, 0.3) is 0 Å². The van der Waals surface area contributed by atoms with Gasteiger partial charge in [-0.2, -0.15) is 4.98 Å². The van der Waals surface area contributed by atoms with Gasteiger partial charge in [-0.05, 0) is 58.2 Å². The maximum Gasteiger partial charge on any atom is 0.224 e. The normalized spacial score (nSPS) is 10.3. The molecule has 0 saturated carbocycles. The summed E-state index contributed by atoms with van der Waals surface area (Å²) in [5, 5.41) is 6.54. The summed E-state index contributed by atoms with van der Waals surface area (Å²) in [6.07, 6.45) is 2.60. The van der Waals surface area contributed by atoms with Gasteiger partial charge in [0.15, 0.2) is 0 Å². The Morgan fingerprint density at radius 1 is 1.08 bits per heavy atom. The molecule has 3 aromatic rings. The van der Waals surface area contributed by atoms with Crippen molar-refractivity contribution in [3.05, 3.63) is 70.8 Å². The van der Waals surface area contributed by atoms with E-state index in [0.29, 0.717) is 5.95 Å². The van der Waals surface area contributed by atoms with E-state index in [0.717, 1.165) is 34.7 Å². The van der Waals surface area contributed by atoms with Gasteiger partial charge in [-0.25, -0.2) is 4.98 Å². The van der Waals surface area contributed by atoms with Crippen molar-refractivity contribution < 1.29 is 4.74 Å². The summed E-state index contributed by atoms with van der Waals surface area (Å²) in [5.41, 5.74) is 2.16. The average molecular weight is 399 g/mol. The lowest BCUT2D eigenvalue weighted by Gasteiger charge is -2.10. The van der Waals surface area contributed by atoms with Gasteiger partial charge in [-0.15, -0.1) is 0 Å². The number of benzene rings is 2. The van der Waals surface area contributed by atoms with Crippen LogP contribution in [0.2, 0.25) is 0 Å². The largest absolute Gasteiger partial charge is 0.497 e. The molecule has 1 heterocycles. The van der Waals surface area contributed by atoms with E-state index in [1.54, 1.807) is 13.3 Å². The fourth-order valence-electron chi connectivity index (χ4n) is 2.36. The Morgan fingerprint density at radius 2 is 1.96 bits per heavy atom. The molecule has 5 nitrogen and oxygen atoms in total. The van der Waals surface area contributed by atoms with Crippen molar-refractivity contribution in [1.29, 1.82) is 0 Å². The Morgan fingerprint density at radius 3 is 2.80 bits per heavy atom. The highest BCUT2D eigenvalue weighted by Gasteiger charge is 2.03. The van der Waals surface area contributed by atoms with Gasteiger partial charge in [0.25, 0.3) is 0 Å². The number of hydrogen-bond donors (Lipinski definition) is 2. The van der Waals surface area contributed by atoms with Gasteiger partial charge in [-0.3, -0.25) is 0 Å². The molecule has 2 aromatic carbocycles. The number of ether oxygens (including phenoxy) is 1. The van der Waals surface area contributed by atoms with Crippen LogP contribution in [-0.4, -0.2) is 23.6 Å². The highest BCUT2D eigenvalue weighted by atomic mass is 79.9. The molecule has 0 aliphatic rings. The Kier molecular flexibility index (Phi) is 5.85. The standard InChI is InChI=1S/C19H19BrN4O/c1-25-15-6-4-5-14(13-15)9-11-21-19-22-12-10-18(24-19)23-17-8-3-2-7-16(17)20/h2-8,10,12-13H,9,11H2,1H3,(H2,21,22,23,24). The van der Waals surface area contributed by atoms with Crippen molar-refractivity contribution in [2.24, 2.45) is 0 Å².